The Kier molecular flexibility index (Phi) is 4.91. The number of carbonyl (C=O) groups is 1. The first kappa shape index (κ1) is 18.7. The highest BCUT2D eigenvalue weighted by Gasteiger charge is 2.75. The second-order valence-electron chi connectivity index (χ2n) is 4.97. The van der Waals surface area contributed by atoms with Crippen LogP contribution in [0.2, 0.25) is 0 Å². The number of allylic oxidation sites excluding steroid dienone is 2. The fourth-order valence-electron chi connectivity index (χ4n) is 0.946. The Labute approximate surface area is 110 Å². The van der Waals surface area contributed by atoms with Crippen LogP contribution in [-0.4, -0.2) is 30.9 Å². The fourth-order valence-corrected chi connectivity index (χ4v) is 0.946. The van der Waals surface area contributed by atoms with Crippen LogP contribution in [0.5, 0.6) is 0 Å². The normalized spacial score (nSPS) is 15.2. The molecule has 0 rings (SSSR count). The van der Waals surface area contributed by atoms with E-state index < -0.39 is 35.0 Å². The van der Waals surface area contributed by atoms with Crippen molar-refractivity contribution in [2.24, 2.45) is 5.41 Å². The Morgan fingerprint density at radius 1 is 0.950 bits per heavy atom. The standard InChI is InChI=1S/C11H13F7O2/c1-8(2,3)6(19)5-7(20-4)9(12,13)10(14,15)11(16,17)18/h5H,1-4H3/b7-5-. The molecular formula is C11H13F7O2. The van der Waals surface area contributed by atoms with Gasteiger partial charge in [-0.05, 0) is 0 Å². The van der Waals surface area contributed by atoms with Gasteiger partial charge in [0.2, 0.25) is 0 Å². The highest BCUT2D eigenvalue weighted by Crippen LogP contribution is 2.49. The van der Waals surface area contributed by atoms with Crippen LogP contribution in [0.3, 0.4) is 0 Å². The highest BCUT2D eigenvalue weighted by atomic mass is 19.4. The molecule has 0 N–H and O–H groups in total. The Hall–Kier alpha value is -1.28. The summed E-state index contributed by atoms with van der Waals surface area (Å²) in [7, 11) is 0.474. The van der Waals surface area contributed by atoms with Gasteiger partial charge in [0, 0.05) is 11.5 Å². The maximum absolute atomic E-state index is 13.3. The van der Waals surface area contributed by atoms with Crippen molar-refractivity contribution in [3.63, 3.8) is 0 Å². The van der Waals surface area contributed by atoms with E-state index in [2.05, 4.69) is 4.74 Å². The van der Waals surface area contributed by atoms with E-state index in [0.29, 0.717) is 7.11 Å². The molecule has 0 aliphatic heterocycles. The Bertz CT molecular complexity index is 402. The molecule has 118 valence electrons. The van der Waals surface area contributed by atoms with E-state index in [0.717, 1.165) is 0 Å². The van der Waals surface area contributed by atoms with Crippen molar-refractivity contribution < 1.29 is 40.3 Å². The summed E-state index contributed by atoms with van der Waals surface area (Å²) in [5, 5.41) is 0. The summed E-state index contributed by atoms with van der Waals surface area (Å²) in [6.07, 6.45) is -6.53. The van der Waals surface area contributed by atoms with Gasteiger partial charge >= 0.3 is 18.0 Å². The number of halogens is 7. The van der Waals surface area contributed by atoms with Crippen molar-refractivity contribution in [2.75, 3.05) is 7.11 Å². The van der Waals surface area contributed by atoms with Crippen LogP contribution in [0.1, 0.15) is 20.8 Å². The third-order valence-electron chi connectivity index (χ3n) is 2.28. The third-order valence-corrected chi connectivity index (χ3v) is 2.28. The molecule has 0 atom stereocenters. The van der Waals surface area contributed by atoms with Crippen LogP contribution in [0.15, 0.2) is 11.8 Å². The molecular weight excluding hydrogens is 297 g/mol. The molecule has 0 unspecified atom stereocenters. The quantitative estimate of drug-likeness (QED) is 0.446. The SMILES string of the molecule is CO/C(=C\C(=O)C(C)(C)C)C(F)(F)C(F)(F)C(F)(F)F. The van der Waals surface area contributed by atoms with Gasteiger partial charge < -0.3 is 4.74 Å². The van der Waals surface area contributed by atoms with E-state index >= 15 is 0 Å². The van der Waals surface area contributed by atoms with E-state index in [1.807, 2.05) is 0 Å². The molecule has 0 aliphatic carbocycles. The summed E-state index contributed by atoms with van der Waals surface area (Å²) in [5.41, 5.74) is -1.24. The van der Waals surface area contributed by atoms with Gasteiger partial charge in [-0.1, -0.05) is 20.8 Å². The molecule has 0 bridgehead atoms. The van der Waals surface area contributed by atoms with Crippen molar-refractivity contribution in [1.29, 1.82) is 0 Å². The van der Waals surface area contributed by atoms with E-state index in [1.54, 1.807) is 0 Å². The van der Waals surface area contributed by atoms with Gasteiger partial charge in [-0.25, -0.2) is 0 Å². The lowest BCUT2D eigenvalue weighted by Crippen LogP contribution is -2.53. The van der Waals surface area contributed by atoms with Gasteiger partial charge in [0.25, 0.3) is 0 Å². The predicted molar refractivity (Wildman–Crippen MR) is 55.5 cm³/mol. The second-order valence-corrected chi connectivity index (χ2v) is 4.97. The summed E-state index contributed by atoms with van der Waals surface area (Å²) >= 11 is 0. The molecule has 0 saturated carbocycles. The van der Waals surface area contributed by atoms with Crippen LogP contribution in [-0.2, 0) is 9.53 Å². The first-order valence-corrected chi connectivity index (χ1v) is 5.22. The lowest BCUT2D eigenvalue weighted by molar-refractivity contribution is -0.350. The minimum Gasteiger partial charge on any atom is -0.494 e. The number of ketones is 1. The van der Waals surface area contributed by atoms with Crippen LogP contribution < -0.4 is 0 Å². The third kappa shape index (κ3) is 3.43. The molecule has 0 aromatic rings. The van der Waals surface area contributed by atoms with E-state index in [4.69, 9.17) is 0 Å². The average Bonchev–Trinajstić information content (AvgIpc) is 2.21. The topological polar surface area (TPSA) is 26.3 Å². The molecule has 2 nitrogen and oxygen atoms in total. The van der Waals surface area contributed by atoms with Gasteiger partial charge in [0.1, 0.15) is 0 Å². The number of ether oxygens (including phenoxy) is 1. The summed E-state index contributed by atoms with van der Waals surface area (Å²) in [4.78, 5) is 11.4. The molecule has 9 heteroatoms. The van der Waals surface area contributed by atoms with Crippen molar-refractivity contribution in [2.45, 2.75) is 38.8 Å². The number of carbonyl (C=O) groups excluding carboxylic acids is 1. The van der Waals surface area contributed by atoms with E-state index in [-0.39, 0.29) is 6.08 Å². The first-order chi connectivity index (χ1) is 8.59. The monoisotopic (exact) mass is 310 g/mol. The molecule has 0 radical (unpaired) electrons. The number of hydrogen-bond donors (Lipinski definition) is 0. The zero-order valence-corrected chi connectivity index (χ0v) is 11.0. The molecule has 0 spiro atoms. The molecule has 0 saturated heterocycles. The highest BCUT2D eigenvalue weighted by molar-refractivity contribution is 5.94. The summed E-state index contributed by atoms with van der Waals surface area (Å²) in [6, 6.07) is 0. The minimum atomic E-state index is -6.49. The zero-order valence-electron chi connectivity index (χ0n) is 11.0. The Balaban J connectivity index is 5.78. The average molecular weight is 310 g/mol. The molecule has 0 aromatic carbocycles. The lowest BCUT2D eigenvalue weighted by Gasteiger charge is -2.29. The smallest absolute Gasteiger partial charge is 0.460 e. The maximum Gasteiger partial charge on any atom is 0.460 e. The van der Waals surface area contributed by atoms with Crippen LogP contribution in [0.4, 0.5) is 30.7 Å². The zero-order chi connectivity index (χ0) is 16.6. The number of rotatable bonds is 4. The Morgan fingerprint density at radius 3 is 1.60 bits per heavy atom. The Morgan fingerprint density at radius 2 is 1.35 bits per heavy atom. The second kappa shape index (κ2) is 5.25. The van der Waals surface area contributed by atoms with Crippen molar-refractivity contribution >= 4 is 5.78 Å². The fraction of sp³-hybridized carbons (Fsp3) is 0.727. The number of methoxy groups -OCH3 is 1. The predicted octanol–water partition coefficient (Wildman–Crippen LogP) is 3.96. The molecule has 0 aromatic heterocycles. The molecule has 0 heterocycles. The number of hydrogen-bond acceptors (Lipinski definition) is 2. The summed E-state index contributed by atoms with van der Waals surface area (Å²) < 4.78 is 92.0. The molecule has 0 fully saturated rings. The largest absolute Gasteiger partial charge is 0.494 e. The van der Waals surface area contributed by atoms with Crippen LogP contribution in [0, 0.1) is 5.41 Å². The summed E-state index contributed by atoms with van der Waals surface area (Å²) in [5.74, 6) is -15.2. The maximum atomic E-state index is 13.3. The molecule has 0 aliphatic rings. The van der Waals surface area contributed by atoms with Crippen molar-refractivity contribution in [1.82, 2.24) is 0 Å². The minimum absolute atomic E-state index is 0.0420. The van der Waals surface area contributed by atoms with Gasteiger partial charge in [0.05, 0.1) is 7.11 Å². The van der Waals surface area contributed by atoms with Crippen LogP contribution in [0.25, 0.3) is 0 Å². The van der Waals surface area contributed by atoms with Crippen molar-refractivity contribution in [3.05, 3.63) is 11.8 Å². The van der Waals surface area contributed by atoms with Gasteiger partial charge in [-0.3, -0.25) is 4.79 Å². The molecule has 20 heavy (non-hydrogen) atoms. The van der Waals surface area contributed by atoms with Gasteiger partial charge in [0.15, 0.2) is 11.5 Å². The van der Waals surface area contributed by atoms with Crippen LogP contribution >= 0.6 is 0 Å². The van der Waals surface area contributed by atoms with Gasteiger partial charge in [-0.15, -0.1) is 0 Å². The summed E-state index contributed by atoms with van der Waals surface area (Å²) in [6.45, 7) is 3.83. The van der Waals surface area contributed by atoms with E-state index in [1.165, 1.54) is 20.8 Å². The van der Waals surface area contributed by atoms with E-state index in [9.17, 15) is 35.5 Å². The number of alkyl halides is 7. The first-order valence-electron chi connectivity index (χ1n) is 5.22. The lowest BCUT2D eigenvalue weighted by atomic mass is 9.90. The van der Waals surface area contributed by atoms with Gasteiger partial charge in [-0.2, -0.15) is 30.7 Å². The molecule has 0 amide bonds. The van der Waals surface area contributed by atoms with Crippen molar-refractivity contribution in [3.8, 4) is 0 Å².